The molecule has 0 aliphatic rings. The van der Waals surface area contributed by atoms with Crippen molar-refractivity contribution in [2.75, 3.05) is 5.32 Å². The highest BCUT2D eigenvalue weighted by atomic mass is 32.1. The van der Waals surface area contributed by atoms with Crippen LogP contribution in [0.1, 0.15) is 20.8 Å². The number of aromatic nitrogens is 2. The first-order valence-electron chi connectivity index (χ1n) is 8.91. The molecule has 0 saturated carbocycles. The first kappa shape index (κ1) is 18.0. The van der Waals surface area contributed by atoms with E-state index in [1.165, 1.54) is 4.88 Å². The average Bonchev–Trinajstić information content (AvgIpc) is 3.40. The van der Waals surface area contributed by atoms with Gasteiger partial charge in [0.2, 0.25) is 0 Å². The van der Waals surface area contributed by atoms with Crippen molar-refractivity contribution < 1.29 is 9.53 Å². The smallest absolute Gasteiger partial charge is 0.257 e. The number of benzene rings is 2. The maximum Gasteiger partial charge on any atom is 0.257 e. The van der Waals surface area contributed by atoms with Crippen LogP contribution >= 0.6 is 11.3 Å². The predicted octanol–water partition coefficient (Wildman–Crippen LogP) is 4.82. The SMILES string of the molecule is O=C(Nc1ccnn1Cc1cccs1)c1ccccc1COc1ccccc1. The van der Waals surface area contributed by atoms with Crippen LogP contribution in [0.4, 0.5) is 5.82 Å². The molecular formula is C22H19N3O2S. The van der Waals surface area contributed by atoms with Gasteiger partial charge in [-0.2, -0.15) is 5.10 Å². The van der Waals surface area contributed by atoms with Crippen LogP contribution in [0.25, 0.3) is 0 Å². The molecule has 140 valence electrons. The van der Waals surface area contributed by atoms with Gasteiger partial charge in [0, 0.05) is 22.1 Å². The van der Waals surface area contributed by atoms with Crippen LogP contribution in [-0.2, 0) is 13.2 Å². The second-order valence-electron chi connectivity index (χ2n) is 6.17. The fraction of sp³-hybridized carbons (Fsp3) is 0.0909. The molecule has 4 rings (SSSR count). The lowest BCUT2D eigenvalue weighted by atomic mass is 10.1. The summed E-state index contributed by atoms with van der Waals surface area (Å²) < 4.78 is 7.60. The Bertz CT molecular complexity index is 1040. The summed E-state index contributed by atoms with van der Waals surface area (Å²) in [4.78, 5) is 14.1. The van der Waals surface area contributed by atoms with Crippen LogP contribution in [0.2, 0.25) is 0 Å². The van der Waals surface area contributed by atoms with E-state index < -0.39 is 0 Å². The van der Waals surface area contributed by atoms with Gasteiger partial charge < -0.3 is 10.1 Å². The van der Waals surface area contributed by atoms with Crippen LogP contribution in [-0.4, -0.2) is 15.7 Å². The van der Waals surface area contributed by atoms with Crippen LogP contribution in [0.3, 0.4) is 0 Å². The van der Waals surface area contributed by atoms with Gasteiger partial charge in [0.05, 0.1) is 12.7 Å². The highest BCUT2D eigenvalue weighted by Gasteiger charge is 2.14. The first-order valence-corrected chi connectivity index (χ1v) is 9.79. The molecule has 0 fully saturated rings. The third-order valence-electron chi connectivity index (χ3n) is 4.24. The molecule has 0 aliphatic carbocycles. The monoisotopic (exact) mass is 389 g/mol. The number of nitrogens with one attached hydrogen (secondary N) is 1. The number of anilines is 1. The Morgan fingerprint density at radius 3 is 2.64 bits per heavy atom. The Morgan fingerprint density at radius 2 is 1.82 bits per heavy atom. The van der Waals surface area contributed by atoms with E-state index >= 15 is 0 Å². The fourth-order valence-corrected chi connectivity index (χ4v) is 3.53. The van der Waals surface area contributed by atoms with Crippen molar-refractivity contribution in [3.05, 3.63) is 100 Å². The number of rotatable bonds is 7. The van der Waals surface area contributed by atoms with E-state index in [-0.39, 0.29) is 5.91 Å². The molecule has 2 aromatic carbocycles. The Kier molecular flexibility index (Phi) is 5.49. The largest absolute Gasteiger partial charge is 0.489 e. The lowest BCUT2D eigenvalue weighted by Crippen LogP contribution is -2.18. The van der Waals surface area contributed by atoms with Crippen LogP contribution in [0, 0.1) is 0 Å². The molecule has 0 bridgehead atoms. The number of nitrogens with zero attached hydrogens (tertiary/aromatic N) is 2. The molecule has 6 heteroatoms. The van der Waals surface area contributed by atoms with Crippen molar-refractivity contribution in [1.29, 1.82) is 0 Å². The van der Waals surface area contributed by atoms with Crippen molar-refractivity contribution in [3.63, 3.8) is 0 Å². The predicted molar refractivity (Wildman–Crippen MR) is 111 cm³/mol. The van der Waals surface area contributed by atoms with Gasteiger partial charge in [0.15, 0.2) is 0 Å². The van der Waals surface area contributed by atoms with Crippen LogP contribution in [0.15, 0.2) is 84.4 Å². The third-order valence-corrected chi connectivity index (χ3v) is 5.10. The Labute approximate surface area is 167 Å². The Balaban J connectivity index is 1.48. The molecule has 5 nitrogen and oxygen atoms in total. The fourth-order valence-electron chi connectivity index (χ4n) is 2.84. The zero-order chi connectivity index (χ0) is 19.2. The molecule has 1 N–H and O–H groups in total. The lowest BCUT2D eigenvalue weighted by Gasteiger charge is -2.12. The van der Waals surface area contributed by atoms with Gasteiger partial charge in [0.1, 0.15) is 18.2 Å². The molecule has 2 heterocycles. The van der Waals surface area contributed by atoms with E-state index in [1.807, 2.05) is 66.0 Å². The van der Waals surface area contributed by atoms with Gasteiger partial charge in [-0.1, -0.05) is 42.5 Å². The lowest BCUT2D eigenvalue weighted by molar-refractivity contribution is 0.102. The number of amides is 1. The maximum atomic E-state index is 12.9. The number of ether oxygens (including phenoxy) is 1. The summed E-state index contributed by atoms with van der Waals surface area (Å²) in [6, 6.07) is 22.9. The van der Waals surface area contributed by atoms with Gasteiger partial charge >= 0.3 is 0 Å². The summed E-state index contributed by atoms with van der Waals surface area (Å²) in [6.45, 7) is 0.946. The number of hydrogen-bond acceptors (Lipinski definition) is 4. The quantitative estimate of drug-likeness (QED) is 0.493. The number of carbonyl (C=O) groups is 1. The summed E-state index contributed by atoms with van der Waals surface area (Å²) in [5.74, 6) is 1.25. The molecule has 4 aromatic rings. The van der Waals surface area contributed by atoms with E-state index in [4.69, 9.17) is 4.74 Å². The topological polar surface area (TPSA) is 56.2 Å². The van der Waals surface area contributed by atoms with Crippen LogP contribution in [0.5, 0.6) is 5.75 Å². The minimum absolute atomic E-state index is 0.180. The molecule has 0 aliphatic heterocycles. The van der Waals surface area contributed by atoms with Gasteiger partial charge in [-0.3, -0.25) is 4.79 Å². The molecular weight excluding hydrogens is 370 g/mol. The summed E-state index contributed by atoms with van der Waals surface area (Å²) in [5, 5.41) is 9.32. The Hall–Kier alpha value is -3.38. The summed E-state index contributed by atoms with van der Waals surface area (Å²) in [5.41, 5.74) is 1.41. The molecule has 1 amide bonds. The second kappa shape index (κ2) is 8.54. The average molecular weight is 389 g/mol. The number of thiophene rings is 1. The first-order chi connectivity index (χ1) is 13.8. The van der Waals surface area contributed by atoms with E-state index in [9.17, 15) is 4.79 Å². The van der Waals surface area contributed by atoms with Crippen molar-refractivity contribution in [2.24, 2.45) is 0 Å². The summed E-state index contributed by atoms with van der Waals surface area (Å²) in [7, 11) is 0. The number of carbonyl (C=O) groups excluding carboxylic acids is 1. The second-order valence-corrected chi connectivity index (χ2v) is 7.20. The standard InChI is InChI=1S/C22H19N3O2S/c26-22(24-21-12-13-23-25(21)15-19-10-6-14-28-19)20-11-5-4-7-17(20)16-27-18-8-2-1-3-9-18/h1-14H,15-16H2,(H,24,26). The highest BCUT2D eigenvalue weighted by molar-refractivity contribution is 7.09. The zero-order valence-corrected chi connectivity index (χ0v) is 15.9. The molecule has 0 saturated heterocycles. The molecule has 0 unspecified atom stereocenters. The Morgan fingerprint density at radius 1 is 1.00 bits per heavy atom. The van der Waals surface area contributed by atoms with Crippen LogP contribution < -0.4 is 10.1 Å². The molecule has 0 spiro atoms. The number of hydrogen-bond donors (Lipinski definition) is 1. The van der Waals surface area contributed by atoms with E-state index in [1.54, 1.807) is 34.3 Å². The number of para-hydroxylation sites is 1. The molecule has 0 atom stereocenters. The van der Waals surface area contributed by atoms with Crippen molar-refractivity contribution >= 4 is 23.1 Å². The summed E-state index contributed by atoms with van der Waals surface area (Å²) >= 11 is 1.66. The normalized spacial score (nSPS) is 10.6. The van der Waals surface area contributed by atoms with Crippen molar-refractivity contribution in [1.82, 2.24) is 9.78 Å². The minimum Gasteiger partial charge on any atom is -0.489 e. The van der Waals surface area contributed by atoms with Gasteiger partial charge in [-0.15, -0.1) is 11.3 Å². The zero-order valence-electron chi connectivity index (χ0n) is 15.1. The van der Waals surface area contributed by atoms with E-state index in [0.29, 0.717) is 24.5 Å². The van der Waals surface area contributed by atoms with Crippen molar-refractivity contribution in [3.8, 4) is 5.75 Å². The summed E-state index contributed by atoms with van der Waals surface area (Å²) in [6.07, 6.45) is 1.69. The van der Waals surface area contributed by atoms with Gasteiger partial charge in [0.25, 0.3) is 5.91 Å². The minimum atomic E-state index is -0.180. The van der Waals surface area contributed by atoms with Crippen molar-refractivity contribution in [2.45, 2.75) is 13.2 Å². The third kappa shape index (κ3) is 4.29. The van der Waals surface area contributed by atoms with Gasteiger partial charge in [-0.25, -0.2) is 4.68 Å². The van der Waals surface area contributed by atoms with Gasteiger partial charge in [-0.05, 0) is 29.6 Å². The molecule has 28 heavy (non-hydrogen) atoms. The molecule has 0 radical (unpaired) electrons. The maximum absolute atomic E-state index is 12.9. The highest BCUT2D eigenvalue weighted by Crippen LogP contribution is 2.18. The molecule has 2 aromatic heterocycles. The van der Waals surface area contributed by atoms with E-state index in [0.717, 1.165) is 11.3 Å². The van der Waals surface area contributed by atoms with E-state index in [2.05, 4.69) is 10.4 Å².